The lowest BCUT2D eigenvalue weighted by Crippen LogP contribution is -2.82. The summed E-state index contributed by atoms with van der Waals surface area (Å²) in [6.45, 7) is 0. The number of hydrogen-bond donors (Lipinski definition) is 0. The maximum Gasteiger partial charge on any atom is 0.416 e. The largest absolute Gasteiger partial charge is 0.416 e. The lowest BCUT2D eigenvalue weighted by Gasteiger charge is -2.49. The fraction of sp³-hybridized carbons (Fsp3) is 0.143. The molecular weight excluding hydrogens is 879 g/mol. The third-order valence-electron chi connectivity index (χ3n) is 8.08. The van der Waals surface area contributed by atoms with E-state index in [4.69, 9.17) is 0 Å². The summed E-state index contributed by atoms with van der Waals surface area (Å²) in [6, 6.07) is 0. The molecule has 0 spiro atoms. The van der Waals surface area contributed by atoms with Crippen LogP contribution in [0, 0.1) is 93.1 Å². The van der Waals surface area contributed by atoms with E-state index in [9.17, 15) is 87.8 Å². The maximum absolute atomic E-state index is 16.0. The third-order valence-corrected chi connectivity index (χ3v) is 8.08. The zero-order valence-corrected chi connectivity index (χ0v) is 25.2. The van der Waals surface area contributed by atoms with Crippen molar-refractivity contribution in [1.29, 1.82) is 0 Å². The number of alkyl halides is 12. The predicted octanol–water partition coefficient (Wildman–Crippen LogP) is 9.36. The molecule has 0 bridgehead atoms. The van der Waals surface area contributed by atoms with Crippen LogP contribution in [0.15, 0.2) is 0 Å². The van der Waals surface area contributed by atoms with E-state index in [-0.39, 0.29) is 0 Å². The summed E-state index contributed by atoms with van der Waals surface area (Å²) >= 11 is 0. The minimum absolute atomic E-state index is 4.07. The molecule has 0 heterocycles. The Bertz CT molecular complexity index is 2030. The molecule has 0 saturated carbocycles. The van der Waals surface area contributed by atoms with Crippen LogP contribution >= 0.6 is 0 Å². The van der Waals surface area contributed by atoms with Gasteiger partial charge < -0.3 is 0 Å². The topological polar surface area (TPSA) is 0 Å². The molecule has 4 aromatic rings. The molecule has 29 heteroatoms. The third kappa shape index (κ3) is 6.33. The number of halogens is 28. The number of rotatable bonds is 4. The van der Waals surface area contributed by atoms with E-state index in [0.717, 1.165) is 0 Å². The highest BCUT2D eigenvalue weighted by Crippen LogP contribution is 2.43. The minimum Gasteiger partial charge on any atom is -0.207 e. The van der Waals surface area contributed by atoms with Crippen molar-refractivity contribution in [2.45, 2.75) is 24.7 Å². The second kappa shape index (κ2) is 13.5. The van der Waals surface area contributed by atoms with Crippen molar-refractivity contribution in [3.63, 3.8) is 0 Å². The van der Waals surface area contributed by atoms with Gasteiger partial charge in [-0.1, -0.05) is 0 Å². The Morgan fingerprint density at radius 2 is 0.316 bits per heavy atom. The average molecular weight is 879 g/mol. The molecule has 312 valence electrons. The van der Waals surface area contributed by atoms with E-state index in [1.165, 1.54) is 0 Å². The van der Waals surface area contributed by atoms with E-state index in [0.29, 0.717) is 0 Å². The first-order chi connectivity index (χ1) is 25.5. The van der Waals surface area contributed by atoms with Crippen LogP contribution in [0.4, 0.5) is 123 Å². The molecule has 0 aliphatic rings. The van der Waals surface area contributed by atoms with Gasteiger partial charge in [0.05, 0.1) is 22.3 Å². The molecule has 0 unspecified atom stereocenters. The fourth-order valence-corrected chi connectivity index (χ4v) is 6.20. The first-order valence-corrected chi connectivity index (χ1v) is 13.4. The van der Waals surface area contributed by atoms with E-state index >= 15 is 35.1 Å². The predicted molar refractivity (Wildman–Crippen MR) is 129 cm³/mol. The monoisotopic (exact) mass is 879 g/mol. The second-order valence-electron chi connectivity index (χ2n) is 11.0. The molecule has 0 nitrogen and oxygen atoms in total. The summed E-state index contributed by atoms with van der Waals surface area (Å²) in [4.78, 5) is 0. The Hall–Kier alpha value is -5.02. The van der Waals surface area contributed by atoms with Gasteiger partial charge in [0.25, 0.3) is 0 Å². The quantitative estimate of drug-likeness (QED) is 0.0831. The second-order valence-corrected chi connectivity index (χ2v) is 11.0. The highest BCUT2D eigenvalue weighted by Gasteiger charge is 2.59. The normalized spacial score (nSPS) is 13.3. The molecule has 0 radical (unpaired) electrons. The molecule has 0 aromatic heterocycles. The van der Waals surface area contributed by atoms with Gasteiger partial charge in [-0.3, -0.25) is 0 Å². The lowest BCUT2D eigenvalue weighted by atomic mass is 9.11. The molecule has 0 aliphatic heterocycles. The summed E-state index contributed by atoms with van der Waals surface area (Å²) in [7, 11) is 0. The van der Waals surface area contributed by atoms with Crippen LogP contribution in [0.3, 0.4) is 0 Å². The van der Waals surface area contributed by atoms with Gasteiger partial charge in [-0.15, -0.1) is 21.9 Å². The molecule has 0 fully saturated rings. The highest BCUT2D eigenvalue weighted by atomic mass is 19.4. The average Bonchev–Trinajstić information content (AvgIpc) is 3.06. The summed E-state index contributed by atoms with van der Waals surface area (Å²) < 4.78 is 417. The smallest absolute Gasteiger partial charge is 0.207 e. The van der Waals surface area contributed by atoms with Crippen LogP contribution in [-0.2, 0) is 24.7 Å². The molecular formula is C28BF28-. The van der Waals surface area contributed by atoms with Gasteiger partial charge in [0.15, 0.2) is 69.8 Å². The molecule has 0 amide bonds. The van der Waals surface area contributed by atoms with Crippen LogP contribution in [0.2, 0.25) is 0 Å². The molecule has 0 N–H and O–H groups in total. The van der Waals surface area contributed by atoms with E-state index < -0.39 is 168 Å². The van der Waals surface area contributed by atoms with Crippen LogP contribution in [0.5, 0.6) is 0 Å². The summed E-state index contributed by atoms with van der Waals surface area (Å²) in [5.74, 6) is -69.8. The summed E-state index contributed by atoms with van der Waals surface area (Å²) in [6.07, 6.45) is -39.5. The Balaban J connectivity index is 2.99. The van der Waals surface area contributed by atoms with Crippen molar-refractivity contribution < 1.29 is 123 Å². The Morgan fingerprint density at radius 1 is 0.193 bits per heavy atom. The van der Waals surface area contributed by atoms with Crippen LogP contribution in [0.1, 0.15) is 22.3 Å². The summed E-state index contributed by atoms with van der Waals surface area (Å²) in [5.41, 5.74) is -38.1. The highest BCUT2D eigenvalue weighted by molar-refractivity contribution is 7.20. The van der Waals surface area contributed by atoms with Gasteiger partial charge in [0.1, 0.15) is 29.4 Å². The van der Waals surface area contributed by atoms with Crippen molar-refractivity contribution in [2.75, 3.05) is 0 Å². The van der Waals surface area contributed by atoms with Crippen molar-refractivity contribution in [2.24, 2.45) is 0 Å². The van der Waals surface area contributed by atoms with E-state index in [2.05, 4.69) is 0 Å². The number of hydrogen-bond acceptors (Lipinski definition) is 0. The maximum atomic E-state index is 16.0. The van der Waals surface area contributed by atoms with Gasteiger partial charge in [-0.2, -0.15) is 52.7 Å². The fourth-order valence-electron chi connectivity index (χ4n) is 6.20. The Morgan fingerprint density at radius 3 is 0.439 bits per heavy atom. The van der Waals surface area contributed by atoms with Crippen LogP contribution in [0.25, 0.3) is 0 Å². The van der Waals surface area contributed by atoms with Gasteiger partial charge in [-0.25, -0.2) is 70.2 Å². The zero-order valence-electron chi connectivity index (χ0n) is 25.2. The molecule has 4 rings (SSSR count). The summed E-state index contributed by atoms with van der Waals surface area (Å²) in [5, 5.41) is 0. The van der Waals surface area contributed by atoms with Crippen molar-refractivity contribution in [1.82, 2.24) is 0 Å². The first kappa shape index (κ1) is 44.7. The van der Waals surface area contributed by atoms with Crippen molar-refractivity contribution in [3.8, 4) is 0 Å². The zero-order chi connectivity index (χ0) is 44.4. The first-order valence-electron chi connectivity index (χ1n) is 13.4. The van der Waals surface area contributed by atoms with E-state index in [1.807, 2.05) is 0 Å². The number of benzene rings is 4. The molecule has 0 aliphatic carbocycles. The molecule has 57 heavy (non-hydrogen) atoms. The van der Waals surface area contributed by atoms with Gasteiger partial charge in [-0.05, 0) is 0 Å². The van der Waals surface area contributed by atoms with Gasteiger partial charge >= 0.3 is 24.7 Å². The SMILES string of the molecule is Fc1c(F)c(F)c(C(F)(F)F)c([B-](c2c(F)c(F)c(F)c(F)c2C(F)(F)F)(c2c(F)c(F)c(F)c(F)c2C(F)(F)F)c2c(F)c(F)c(F)c(F)c2C(F)(F)F)c1F. The lowest BCUT2D eigenvalue weighted by molar-refractivity contribution is -0.140. The Labute approximate surface area is 291 Å². The van der Waals surface area contributed by atoms with Gasteiger partial charge in [0.2, 0.25) is 0 Å². The van der Waals surface area contributed by atoms with Gasteiger partial charge in [0, 0.05) is 0 Å². The van der Waals surface area contributed by atoms with Crippen molar-refractivity contribution in [3.05, 3.63) is 115 Å². The standard InChI is InChI=1S/C28BF28/c30-9-1(25(46,47)48)5(13(34)21(42)17(9)38)29(6-2(26(49,50)51)10(31)18(39)22(43)14(6)35,7-3(27(52,53)54)11(32)19(40)23(44)15(7)36)8-4(28(55,56)57)12(33)20(41)24(45)16(8)37/q-1. The Kier molecular flexibility index (Phi) is 10.6. The minimum atomic E-state index is -8.89. The van der Waals surface area contributed by atoms with Crippen LogP contribution < -0.4 is 21.9 Å². The molecule has 0 saturated heterocycles. The van der Waals surface area contributed by atoms with Crippen LogP contribution in [-0.4, -0.2) is 6.15 Å². The molecule has 0 atom stereocenters. The van der Waals surface area contributed by atoms with E-state index in [1.54, 1.807) is 0 Å². The van der Waals surface area contributed by atoms with Crippen molar-refractivity contribution >= 4 is 28.0 Å². The molecule has 4 aromatic carbocycles.